The molecule has 0 unspecified atom stereocenters. The minimum atomic E-state index is -0.995. The third-order valence-electron chi connectivity index (χ3n) is 2.97. The van der Waals surface area contributed by atoms with Crippen LogP contribution in [0.15, 0.2) is 36.5 Å². The number of nitrogens with one attached hydrogen (secondary N) is 1. The molecule has 2 aromatic rings. The Morgan fingerprint density at radius 2 is 2.00 bits per heavy atom. The predicted octanol–water partition coefficient (Wildman–Crippen LogP) is 2.61. The van der Waals surface area contributed by atoms with Crippen LogP contribution in [-0.2, 0) is 6.54 Å². The fourth-order valence-corrected chi connectivity index (χ4v) is 1.86. The zero-order chi connectivity index (χ0) is 15.4. The molecule has 7 heteroatoms. The molecule has 0 saturated carbocycles. The molecule has 0 saturated heterocycles. The maximum atomic E-state index is 11.0. The van der Waals surface area contributed by atoms with Crippen molar-refractivity contribution in [3.8, 4) is 0 Å². The van der Waals surface area contributed by atoms with Crippen LogP contribution < -0.4 is 5.32 Å². The lowest BCUT2D eigenvalue weighted by molar-refractivity contribution is -0.384. The van der Waals surface area contributed by atoms with E-state index in [2.05, 4.69) is 10.3 Å². The first-order valence-corrected chi connectivity index (χ1v) is 6.15. The van der Waals surface area contributed by atoms with E-state index in [1.54, 1.807) is 25.1 Å². The van der Waals surface area contributed by atoms with Gasteiger partial charge in [0.15, 0.2) is 0 Å². The average Bonchev–Trinajstić information content (AvgIpc) is 2.45. The Morgan fingerprint density at radius 1 is 1.33 bits per heavy atom. The van der Waals surface area contributed by atoms with Crippen LogP contribution in [0.1, 0.15) is 21.5 Å². The number of aryl methyl sites for hydroxylation is 1. The number of anilines is 1. The summed E-state index contributed by atoms with van der Waals surface area (Å²) >= 11 is 0. The largest absolute Gasteiger partial charge is 0.478 e. The Kier molecular flexibility index (Phi) is 4.13. The molecule has 2 rings (SSSR count). The molecule has 0 aliphatic heterocycles. The molecular formula is C14H13N3O4. The van der Waals surface area contributed by atoms with Crippen molar-refractivity contribution in [2.24, 2.45) is 0 Å². The van der Waals surface area contributed by atoms with Crippen molar-refractivity contribution < 1.29 is 14.8 Å². The Bertz CT molecular complexity index is 683. The fourth-order valence-electron chi connectivity index (χ4n) is 1.86. The van der Waals surface area contributed by atoms with Crippen molar-refractivity contribution in [2.45, 2.75) is 13.5 Å². The zero-order valence-corrected chi connectivity index (χ0v) is 11.2. The second-order valence-electron chi connectivity index (χ2n) is 4.44. The number of aromatic nitrogens is 1. The molecule has 1 heterocycles. The highest BCUT2D eigenvalue weighted by Gasteiger charge is 2.17. The van der Waals surface area contributed by atoms with Gasteiger partial charge in [-0.05, 0) is 30.7 Å². The molecular weight excluding hydrogens is 274 g/mol. The molecule has 0 bridgehead atoms. The Labute approximate surface area is 120 Å². The van der Waals surface area contributed by atoms with Gasteiger partial charge in [0.05, 0.1) is 10.5 Å². The van der Waals surface area contributed by atoms with Gasteiger partial charge < -0.3 is 10.4 Å². The second-order valence-corrected chi connectivity index (χ2v) is 4.44. The molecule has 1 aromatic heterocycles. The van der Waals surface area contributed by atoms with E-state index in [1.807, 2.05) is 0 Å². The van der Waals surface area contributed by atoms with Gasteiger partial charge in [-0.3, -0.25) is 10.1 Å². The molecule has 108 valence electrons. The number of carboxylic acids is 1. The fraction of sp³-hybridized carbons (Fsp3) is 0.143. The standard InChI is InChI=1S/C14H13N3O4/c1-9-6-7-15-13(12(9)17(20)21)16-8-10-2-4-11(5-3-10)14(18)19/h2-7H,8H2,1H3,(H,15,16)(H,18,19). The molecule has 0 atom stereocenters. The van der Waals surface area contributed by atoms with Crippen LogP contribution >= 0.6 is 0 Å². The highest BCUT2D eigenvalue weighted by Crippen LogP contribution is 2.25. The number of carboxylic acid groups (broad SMARTS) is 1. The second kappa shape index (κ2) is 6.00. The Balaban J connectivity index is 2.15. The van der Waals surface area contributed by atoms with Crippen LogP contribution in [-0.4, -0.2) is 21.0 Å². The first-order chi connectivity index (χ1) is 9.99. The zero-order valence-electron chi connectivity index (χ0n) is 11.2. The van der Waals surface area contributed by atoms with Crippen LogP contribution in [0.25, 0.3) is 0 Å². The summed E-state index contributed by atoms with van der Waals surface area (Å²) in [4.78, 5) is 25.3. The lowest BCUT2D eigenvalue weighted by Crippen LogP contribution is -2.06. The molecule has 0 amide bonds. The summed E-state index contributed by atoms with van der Waals surface area (Å²) in [6, 6.07) is 7.84. The number of aromatic carboxylic acids is 1. The third kappa shape index (κ3) is 3.33. The van der Waals surface area contributed by atoms with Gasteiger partial charge in [0.25, 0.3) is 0 Å². The number of hydrogen-bond acceptors (Lipinski definition) is 5. The van der Waals surface area contributed by atoms with Crippen molar-refractivity contribution in [3.63, 3.8) is 0 Å². The Hall–Kier alpha value is -2.96. The summed E-state index contributed by atoms with van der Waals surface area (Å²) < 4.78 is 0. The SMILES string of the molecule is Cc1ccnc(NCc2ccc(C(=O)O)cc2)c1[N+](=O)[O-]. The molecule has 0 fully saturated rings. The summed E-state index contributed by atoms with van der Waals surface area (Å²) in [6.45, 7) is 1.96. The Morgan fingerprint density at radius 3 is 2.57 bits per heavy atom. The van der Waals surface area contributed by atoms with Crippen molar-refractivity contribution in [1.29, 1.82) is 0 Å². The summed E-state index contributed by atoms with van der Waals surface area (Å²) in [5, 5.41) is 22.7. The van der Waals surface area contributed by atoms with Gasteiger partial charge in [-0.25, -0.2) is 9.78 Å². The highest BCUT2D eigenvalue weighted by atomic mass is 16.6. The third-order valence-corrected chi connectivity index (χ3v) is 2.97. The van der Waals surface area contributed by atoms with Crippen LogP contribution in [0.3, 0.4) is 0 Å². The lowest BCUT2D eigenvalue weighted by atomic mass is 10.1. The van der Waals surface area contributed by atoms with E-state index in [9.17, 15) is 14.9 Å². The van der Waals surface area contributed by atoms with Crippen LogP contribution in [0, 0.1) is 17.0 Å². The van der Waals surface area contributed by atoms with Crippen molar-refractivity contribution in [1.82, 2.24) is 4.98 Å². The molecule has 0 aliphatic carbocycles. The summed E-state index contributed by atoms with van der Waals surface area (Å²) in [7, 11) is 0. The summed E-state index contributed by atoms with van der Waals surface area (Å²) in [5.74, 6) is -0.798. The van der Waals surface area contributed by atoms with Crippen LogP contribution in [0.2, 0.25) is 0 Å². The minimum absolute atomic E-state index is 0.0559. The first kappa shape index (κ1) is 14.4. The van der Waals surface area contributed by atoms with E-state index < -0.39 is 10.9 Å². The van der Waals surface area contributed by atoms with Gasteiger partial charge in [-0.2, -0.15) is 0 Å². The van der Waals surface area contributed by atoms with Gasteiger partial charge in [0, 0.05) is 18.3 Å². The van der Waals surface area contributed by atoms with Crippen molar-refractivity contribution in [3.05, 3.63) is 63.3 Å². The molecule has 0 aliphatic rings. The monoisotopic (exact) mass is 287 g/mol. The van der Waals surface area contributed by atoms with Crippen molar-refractivity contribution >= 4 is 17.5 Å². The number of rotatable bonds is 5. The average molecular weight is 287 g/mol. The number of nitro groups is 1. The maximum Gasteiger partial charge on any atom is 0.335 e. The smallest absolute Gasteiger partial charge is 0.335 e. The minimum Gasteiger partial charge on any atom is -0.478 e. The number of hydrogen-bond donors (Lipinski definition) is 2. The summed E-state index contributed by atoms with van der Waals surface area (Å²) in [6.07, 6.45) is 1.50. The number of benzene rings is 1. The normalized spacial score (nSPS) is 10.1. The van der Waals surface area contributed by atoms with Gasteiger partial charge in [0.2, 0.25) is 5.82 Å². The molecule has 0 spiro atoms. The van der Waals surface area contributed by atoms with E-state index in [0.29, 0.717) is 12.1 Å². The van der Waals surface area contributed by atoms with Gasteiger partial charge in [-0.15, -0.1) is 0 Å². The number of nitrogens with zero attached hydrogens (tertiary/aromatic N) is 2. The predicted molar refractivity (Wildman–Crippen MR) is 76.4 cm³/mol. The van der Waals surface area contributed by atoms with E-state index in [4.69, 9.17) is 5.11 Å². The van der Waals surface area contributed by atoms with Crippen LogP contribution in [0.4, 0.5) is 11.5 Å². The molecule has 1 aromatic carbocycles. The van der Waals surface area contributed by atoms with E-state index >= 15 is 0 Å². The van der Waals surface area contributed by atoms with Gasteiger partial charge in [0.1, 0.15) is 0 Å². The summed E-state index contributed by atoms with van der Waals surface area (Å²) in [5.41, 5.74) is 1.47. The van der Waals surface area contributed by atoms with Crippen LogP contribution in [0.5, 0.6) is 0 Å². The topological polar surface area (TPSA) is 105 Å². The molecule has 2 N–H and O–H groups in total. The van der Waals surface area contributed by atoms with E-state index in [0.717, 1.165) is 5.56 Å². The molecule has 0 radical (unpaired) electrons. The maximum absolute atomic E-state index is 11.0. The molecule has 7 nitrogen and oxygen atoms in total. The quantitative estimate of drug-likeness (QED) is 0.646. The highest BCUT2D eigenvalue weighted by molar-refractivity contribution is 5.87. The number of carbonyl (C=O) groups is 1. The first-order valence-electron chi connectivity index (χ1n) is 6.15. The van der Waals surface area contributed by atoms with E-state index in [-0.39, 0.29) is 17.1 Å². The molecule has 21 heavy (non-hydrogen) atoms. The van der Waals surface area contributed by atoms with E-state index in [1.165, 1.54) is 18.3 Å². The van der Waals surface area contributed by atoms with Gasteiger partial charge in [-0.1, -0.05) is 12.1 Å². The van der Waals surface area contributed by atoms with Crippen molar-refractivity contribution in [2.75, 3.05) is 5.32 Å². The van der Waals surface area contributed by atoms with Gasteiger partial charge >= 0.3 is 11.7 Å². The number of pyridine rings is 1. The lowest BCUT2D eigenvalue weighted by Gasteiger charge is -2.07.